The Kier molecular flexibility index (Phi) is 7.05. The third kappa shape index (κ3) is 5.91. The average molecular weight is 432 g/mol. The molecule has 0 saturated carbocycles. The van der Waals surface area contributed by atoms with Crippen molar-refractivity contribution in [3.8, 4) is 11.5 Å². The zero-order valence-corrected chi connectivity index (χ0v) is 17.5. The van der Waals surface area contributed by atoms with Crippen LogP contribution in [0.2, 0.25) is 0 Å². The number of nitrogens with one attached hydrogen (secondary N) is 1. The molecule has 0 saturated heterocycles. The average Bonchev–Trinajstić information content (AvgIpc) is 3.20. The normalized spacial score (nSPS) is 11.3. The van der Waals surface area contributed by atoms with Gasteiger partial charge < -0.3 is 4.42 Å². The molecule has 0 unspecified atom stereocenters. The molecule has 0 aliphatic heterocycles. The van der Waals surface area contributed by atoms with Gasteiger partial charge in [0.25, 0.3) is 0 Å². The lowest BCUT2D eigenvalue weighted by Gasteiger charge is -2.02. The molecule has 29 heavy (non-hydrogen) atoms. The van der Waals surface area contributed by atoms with Gasteiger partial charge in [0.15, 0.2) is 9.84 Å². The summed E-state index contributed by atoms with van der Waals surface area (Å²) < 4.78 is 29.2. The summed E-state index contributed by atoms with van der Waals surface area (Å²) in [7, 11) is -3.26. The van der Waals surface area contributed by atoms with E-state index in [1.165, 1.54) is 17.0 Å². The second kappa shape index (κ2) is 9.71. The summed E-state index contributed by atoms with van der Waals surface area (Å²) in [6.07, 6.45) is 1.07. The van der Waals surface area contributed by atoms with Gasteiger partial charge in [-0.25, -0.2) is 8.42 Å². The van der Waals surface area contributed by atoms with Crippen molar-refractivity contribution in [1.29, 1.82) is 0 Å². The van der Waals surface area contributed by atoms with Gasteiger partial charge in [-0.15, -0.1) is 16.9 Å². The second-order valence-corrected chi connectivity index (χ2v) is 9.60. The first-order valence-electron chi connectivity index (χ1n) is 9.12. The Morgan fingerprint density at radius 2 is 1.79 bits per heavy atom. The van der Waals surface area contributed by atoms with Crippen molar-refractivity contribution < 1.29 is 17.6 Å². The molecule has 1 heterocycles. The van der Waals surface area contributed by atoms with E-state index in [1.54, 1.807) is 30.8 Å². The molecule has 9 heteroatoms. The maximum absolute atomic E-state index is 12.0. The Bertz CT molecular complexity index is 1050. The lowest BCUT2D eigenvalue weighted by atomic mass is 10.2. The highest BCUT2D eigenvalue weighted by molar-refractivity contribution is 7.99. The number of anilines is 1. The zero-order chi connectivity index (χ0) is 20.7. The fourth-order valence-corrected chi connectivity index (χ4v) is 4.24. The standard InChI is InChI=1S/C20H21N3O4S2/c1-2-29(25,26)17-12-10-15(11-13-17)19-22-23-20(27-19)21-18(24)9-6-14-28-16-7-4-3-5-8-16/h3-5,7-8,10-13H,2,6,9,14H2,1H3,(H,21,23,24). The molecule has 0 atom stereocenters. The van der Waals surface area contributed by atoms with Crippen LogP contribution in [0.1, 0.15) is 19.8 Å². The summed E-state index contributed by atoms with van der Waals surface area (Å²) >= 11 is 1.70. The number of hydrogen-bond acceptors (Lipinski definition) is 7. The minimum absolute atomic E-state index is 0.0194. The van der Waals surface area contributed by atoms with Crippen LogP contribution in [-0.2, 0) is 14.6 Å². The van der Waals surface area contributed by atoms with Crippen molar-refractivity contribution in [1.82, 2.24) is 10.2 Å². The van der Waals surface area contributed by atoms with E-state index >= 15 is 0 Å². The smallest absolute Gasteiger partial charge is 0.322 e. The van der Waals surface area contributed by atoms with Gasteiger partial charge in [-0.05, 0) is 48.6 Å². The van der Waals surface area contributed by atoms with E-state index in [9.17, 15) is 13.2 Å². The third-order valence-electron chi connectivity index (χ3n) is 4.07. The van der Waals surface area contributed by atoms with E-state index in [0.29, 0.717) is 12.0 Å². The number of hydrogen-bond donors (Lipinski definition) is 1. The molecule has 7 nitrogen and oxygen atoms in total. The van der Waals surface area contributed by atoms with Crippen LogP contribution in [-0.4, -0.2) is 36.0 Å². The van der Waals surface area contributed by atoms with Crippen molar-refractivity contribution in [2.75, 3.05) is 16.8 Å². The van der Waals surface area contributed by atoms with Gasteiger partial charge in [0.1, 0.15) is 0 Å². The predicted molar refractivity (Wildman–Crippen MR) is 112 cm³/mol. The van der Waals surface area contributed by atoms with Crippen LogP contribution >= 0.6 is 11.8 Å². The monoisotopic (exact) mass is 431 g/mol. The van der Waals surface area contributed by atoms with Crippen molar-refractivity contribution >= 4 is 33.5 Å². The van der Waals surface area contributed by atoms with Crippen LogP contribution < -0.4 is 5.32 Å². The number of benzene rings is 2. The molecule has 0 bridgehead atoms. The molecule has 3 rings (SSSR count). The fraction of sp³-hybridized carbons (Fsp3) is 0.250. The first kappa shape index (κ1) is 21.1. The molecule has 3 aromatic rings. The SMILES string of the molecule is CCS(=O)(=O)c1ccc(-c2nnc(NC(=O)CCCSc3ccccc3)o2)cc1. The van der Waals surface area contributed by atoms with E-state index in [2.05, 4.69) is 15.5 Å². The molecular formula is C20H21N3O4S2. The first-order chi connectivity index (χ1) is 14.0. The van der Waals surface area contributed by atoms with E-state index in [-0.39, 0.29) is 28.5 Å². The molecular weight excluding hydrogens is 410 g/mol. The Morgan fingerprint density at radius 1 is 1.07 bits per heavy atom. The van der Waals surface area contributed by atoms with Gasteiger partial charge >= 0.3 is 6.01 Å². The summed E-state index contributed by atoms with van der Waals surface area (Å²) in [4.78, 5) is 13.5. The molecule has 0 radical (unpaired) electrons. The predicted octanol–water partition coefficient (Wildman–Crippen LogP) is 4.04. The highest BCUT2D eigenvalue weighted by Gasteiger charge is 2.14. The van der Waals surface area contributed by atoms with E-state index in [1.807, 2.05) is 30.3 Å². The summed E-state index contributed by atoms with van der Waals surface area (Å²) in [6.45, 7) is 1.59. The van der Waals surface area contributed by atoms with Crippen LogP contribution in [0.3, 0.4) is 0 Å². The number of sulfone groups is 1. The molecule has 0 aliphatic rings. The number of aromatic nitrogens is 2. The fourth-order valence-electron chi connectivity index (χ4n) is 2.48. The van der Waals surface area contributed by atoms with Crippen molar-refractivity contribution in [2.45, 2.75) is 29.6 Å². The van der Waals surface area contributed by atoms with Gasteiger partial charge in [0, 0.05) is 16.9 Å². The number of carbonyl (C=O) groups excluding carboxylic acids is 1. The second-order valence-electron chi connectivity index (χ2n) is 6.15. The number of amides is 1. The molecule has 2 aromatic carbocycles. The zero-order valence-electron chi connectivity index (χ0n) is 15.9. The summed E-state index contributed by atoms with van der Waals surface area (Å²) in [5, 5.41) is 10.3. The molecule has 1 N–H and O–H groups in total. The summed E-state index contributed by atoms with van der Waals surface area (Å²) in [6, 6.07) is 16.2. The van der Waals surface area contributed by atoms with Gasteiger partial charge in [-0.2, -0.15) is 0 Å². The van der Waals surface area contributed by atoms with Gasteiger partial charge in [0.2, 0.25) is 11.8 Å². The van der Waals surface area contributed by atoms with Crippen LogP contribution in [0.15, 0.2) is 68.8 Å². The first-order valence-corrected chi connectivity index (χ1v) is 11.8. The Balaban J connectivity index is 1.50. The maximum Gasteiger partial charge on any atom is 0.322 e. The van der Waals surface area contributed by atoms with Crippen molar-refractivity contribution in [3.05, 3.63) is 54.6 Å². The maximum atomic E-state index is 12.0. The van der Waals surface area contributed by atoms with E-state index in [4.69, 9.17) is 4.42 Å². The molecule has 0 spiro atoms. The minimum atomic E-state index is -3.26. The third-order valence-corrected chi connectivity index (χ3v) is 6.92. The Hall–Kier alpha value is -2.65. The number of thioether (sulfide) groups is 1. The van der Waals surface area contributed by atoms with Crippen LogP contribution in [0.4, 0.5) is 6.01 Å². The van der Waals surface area contributed by atoms with Gasteiger partial charge in [0.05, 0.1) is 10.6 Å². The highest BCUT2D eigenvalue weighted by atomic mass is 32.2. The molecule has 1 amide bonds. The topological polar surface area (TPSA) is 102 Å². The molecule has 152 valence electrons. The van der Waals surface area contributed by atoms with E-state index in [0.717, 1.165) is 12.2 Å². The lowest BCUT2D eigenvalue weighted by Crippen LogP contribution is -2.11. The summed E-state index contributed by atoms with van der Waals surface area (Å²) in [5.74, 6) is 0.880. The number of nitrogens with zero attached hydrogens (tertiary/aromatic N) is 2. The van der Waals surface area contributed by atoms with Crippen LogP contribution in [0.25, 0.3) is 11.5 Å². The molecule has 1 aromatic heterocycles. The molecule has 0 aliphatic carbocycles. The number of rotatable bonds is 9. The van der Waals surface area contributed by atoms with E-state index < -0.39 is 9.84 Å². The quantitative estimate of drug-likeness (QED) is 0.403. The van der Waals surface area contributed by atoms with Crippen LogP contribution in [0.5, 0.6) is 0 Å². The van der Waals surface area contributed by atoms with Crippen LogP contribution in [0, 0.1) is 0 Å². The van der Waals surface area contributed by atoms with Crippen molar-refractivity contribution in [3.63, 3.8) is 0 Å². The Morgan fingerprint density at radius 3 is 2.48 bits per heavy atom. The Labute approximate surface area is 173 Å². The highest BCUT2D eigenvalue weighted by Crippen LogP contribution is 2.22. The largest absolute Gasteiger partial charge is 0.403 e. The van der Waals surface area contributed by atoms with Gasteiger partial charge in [-0.3, -0.25) is 10.1 Å². The van der Waals surface area contributed by atoms with Gasteiger partial charge in [-0.1, -0.05) is 30.2 Å². The minimum Gasteiger partial charge on any atom is -0.403 e. The number of carbonyl (C=O) groups is 1. The lowest BCUT2D eigenvalue weighted by molar-refractivity contribution is -0.116. The molecule has 0 fully saturated rings. The summed E-state index contributed by atoms with van der Waals surface area (Å²) in [5.41, 5.74) is 0.576. The van der Waals surface area contributed by atoms with Crippen molar-refractivity contribution in [2.24, 2.45) is 0 Å².